The normalized spacial score (nSPS) is 20.0. The molecule has 8 nitrogen and oxygen atoms in total. The summed E-state index contributed by atoms with van der Waals surface area (Å²) in [5.74, 6) is 0.891. The molecule has 0 saturated carbocycles. The number of methoxy groups -OCH3 is 1. The fourth-order valence-corrected chi connectivity index (χ4v) is 3.69. The van der Waals surface area contributed by atoms with Crippen molar-refractivity contribution in [3.63, 3.8) is 0 Å². The number of para-hydroxylation sites is 2. The summed E-state index contributed by atoms with van der Waals surface area (Å²) in [6.07, 6.45) is 0.859. The molecule has 156 valence electrons. The fraction of sp³-hybridized carbons (Fsp3) is 0.476. The molecule has 0 aromatic heterocycles. The SMILES string of the molecule is C=C1C(=O)N(C)C(=O)N(C)C1=NCCCN1CCN(c2ccccc2OC)CC1. The first kappa shape index (κ1) is 20.9. The van der Waals surface area contributed by atoms with E-state index in [0.29, 0.717) is 12.4 Å². The van der Waals surface area contributed by atoms with Gasteiger partial charge in [0, 0.05) is 53.4 Å². The quantitative estimate of drug-likeness (QED) is 0.538. The van der Waals surface area contributed by atoms with E-state index >= 15 is 0 Å². The van der Waals surface area contributed by atoms with E-state index < -0.39 is 0 Å². The molecule has 29 heavy (non-hydrogen) atoms. The van der Waals surface area contributed by atoms with Crippen LogP contribution >= 0.6 is 0 Å². The highest BCUT2D eigenvalue weighted by molar-refractivity contribution is 6.29. The van der Waals surface area contributed by atoms with E-state index in [0.717, 1.165) is 55.5 Å². The zero-order chi connectivity index (χ0) is 21.0. The van der Waals surface area contributed by atoms with Gasteiger partial charge in [-0.3, -0.25) is 24.5 Å². The molecule has 0 N–H and O–H groups in total. The van der Waals surface area contributed by atoms with Crippen molar-refractivity contribution in [2.75, 3.05) is 65.4 Å². The number of carbonyl (C=O) groups is 2. The van der Waals surface area contributed by atoms with Gasteiger partial charge in [0.2, 0.25) is 0 Å². The number of likely N-dealkylation sites (N-methyl/N-ethyl adjacent to an activating group) is 2. The third kappa shape index (κ3) is 4.42. The minimum atomic E-state index is -0.390. The van der Waals surface area contributed by atoms with Crippen LogP contribution < -0.4 is 9.64 Å². The highest BCUT2D eigenvalue weighted by Crippen LogP contribution is 2.28. The van der Waals surface area contributed by atoms with Gasteiger partial charge in [-0.1, -0.05) is 18.7 Å². The van der Waals surface area contributed by atoms with Crippen LogP contribution in [0.25, 0.3) is 0 Å². The molecule has 2 heterocycles. The van der Waals surface area contributed by atoms with Gasteiger partial charge in [0.05, 0.1) is 18.4 Å². The molecular formula is C21H29N5O3. The smallest absolute Gasteiger partial charge is 0.332 e. The van der Waals surface area contributed by atoms with Gasteiger partial charge in [0.1, 0.15) is 11.6 Å². The van der Waals surface area contributed by atoms with Gasteiger partial charge in [-0.05, 0) is 18.6 Å². The monoisotopic (exact) mass is 399 g/mol. The number of benzene rings is 1. The molecule has 1 aromatic carbocycles. The highest BCUT2D eigenvalue weighted by Gasteiger charge is 2.34. The Labute approximate surface area is 172 Å². The van der Waals surface area contributed by atoms with Gasteiger partial charge in [-0.25, -0.2) is 4.79 Å². The van der Waals surface area contributed by atoms with Crippen molar-refractivity contribution >= 4 is 23.5 Å². The van der Waals surface area contributed by atoms with Crippen LogP contribution in [0.15, 0.2) is 41.4 Å². The van der Waals surface area contributed by atoms with Crippen LogP contribution in [0, 0.1) is 0 Å². The van der Waals surface area contributed by atoms with Crippen molar-refractivity contribution in [3.05, 3.63) is 36.4 Å². The van der Waals surface area contributed by atoms with E-state index in [4.69, 9.17) is 4.74 Å². The molecule has 2 aliphatic rings. The van der Waals surface area contributed by atoms with E-state index in [1.54, 1.807) is 14.2 Å². The van der Waals surface area contributed by atoms with E-state index in [1.807, 2.05) is 18.2 Å². The molecule has 1 aromatic rings. The largest absolute Gasteiger partial charge is 0.495 e. The second-order valence-corrected chi connectivity index (χ2v) is 7.24. The Hall–Kier alpha value is -2.87. The van der Waals surface area contributed by atoms with Gasteiger partial charge < -0.3 is 9.64 Å². The van der Waals surface area contributed by atoms with Crippen LogP contribution in [0.5, 0.6) is 5.75 Å². The lowest BCUT2D eigenvalue weighted by atomic mass is 10.2. The number of carbonyl (C=O) groups excluding carboxylic acids is 2. The maximum absolute atomic E-state index is 12.1. The number of nitrogens with zero attached hydrogens (tertiary/aromatic N) is 5. The minimum Gasteiger partial charge on any atom is -0.495 e. The number of amides is 3. The predicted molar refractivity (Wildman–Crippen MR) is 114 cm³/mol. The Kier molecular flexibility index (Phi) is 6.53. The standard InChI is InChI=1S/C21H29N5O3/c1-16-19(23(2)21(28)24(3)20(16)27)22-10-7-11-25-12-14-26(15-13-25)17-8-5-6-9-18(17)29-4/h5-6,8-9H,1,7,10-15H2,2-4H3. The maximum atomic E-state index is 12.1. The van der Waals surface area contributed by atoms with Gasteiger partial charge in [-0.2, -0.15) is 0 Å². The summed E-state index contributed by atoms with van der Waals surface area (Å²) >= 11 is 0. The van der Waals surface area contributed by atoms with Crippen LogP contribution in [0.4, 0.5) is 10.5 Å². The number of urea groups is 1. The van der Waals surface area contributed by atoms with Crippen LogP contribution in [0.2, 0.25) is 0 Å². The first-order valence-corrected chi connectivity index (χ1v) is 9.83. The Morgan fingerprint density at radius 2 is 1.76 bits per heavy atom. The van der Waals surface area contributed by atoms with Crippen molar-refractivity contribution in [3.8, 4) is 5.75 Å². The van der Waals surface area contributed by atoms with Gasteiger partial charge >= 0.3 is 6.03 Å². The molecule has 3 rings (SSSR count). The Morgan fingerprint density at radius 1 is 1.07 bits per heavy atom. The number of piperazine rings is 1. The number of rotatable bonds is 6. The number of imide groups is 1. The summed E-state index contributed by atoms with van der Waals surface area (Å²) in [5.41, 5.74) is 1.40. The predicted octanol–water partition coefficient (Wildman–Crippen LogP) is 1.69. The van der Waals surface area contributed by atoms with Crippen LogP contribution in [-0.4, -0.2) is 92.9 Å². The number of amidine groups is 1. The molecule has 3 amide bonds. The molecule has 2 saturated heterocycles. The minimum absolute atomic E-state index is 0.264. The van der Waals surface area contributed by atoms with Crippen molar-refractivity contribution < 1.29 is 14.3 Å². The zero-order valence-corrected chi connectivity index (χ0v) is 17.4. The van der Waals surface area contributed by atoms with Crippen molar-refractivity contribution in [1.82, 2.24) is 14.7 Å². The molecular weight excluding hydrogens is 370 g/mol. The first-order valence-electron chi connectivity index (χ1n) is 9.83. The summed E-state index contributed by atoms with van der Waals surface area (Å²) in [6, 6.07) is 7.72. The average molecular weight is 399 g/mol. The summed E-state index contributed by atoms with van der Waals surface area (Å²) in [7, 11) is 4.77. The topological polar surface area (TPSA) is 68.7 Å². The van der Waals surface area contributed by atoms with E-state index in [9.17, 15) is 9.59 Å². The molecule has 0 spiro atoms. The van der Waals surface area contributed by atoms with Gasteiger partial charge in [-0.15, -0.1) is 0 Å². The lowest BCUT2D eigenvalue weighted by Crippen LogP contribution is -2.53. The maximum Gasteiger partial charge on any atom is 0.332 e. The molecule has 0 radical (unpaired) electrons. The molecule has 0 unspecified atom stereocenters. The molecule has 2 fully saturated rings. The van der Waals surface area contributed by atoms with Crippen LogP contribution in [-0.2, 0) is 4.79 Å². The van der Waals surface area contributed by atoms with Crippen LogP contribution in [0.3, 0.4) is 0 Å². The Bertz CT molecular complexity index is 814. The number of anilines is 1. The van der Waals surface area contributed by atoms with E-state index in [1.165, 1.54) is 11.9 Å². The summed E-state index contributed by atoms with van der Waals surface area (Å²) in [4.78, 5) is 35.8. The molecule has 0 atom stereocenters. The number of ether oxygens (including phenoxy) is 1. The second kappa shape index (κ2) is 9.09. The summed E-state index contributed by atoms with van der Waals surface area (Å²) < 4.78 is 5.47. The van der Waals surface area contributed by atoms with Crippen molar-refractivity contribution in [2.24, 2.45) is 4.99 Å². The van der Waals surface area contributed by atoms with E-state index in [2.05, 4.69) is 27.4 Å². The number of aliphatic imine (C=N–C) groups is 1. The average Bonchev–Trinajstić information content (AvgIpc) is 2.76. The summed E-state index contributed by atoms with van der Waals surface area (Å²) in [6.45, 7) is 9.11. The third-order valence-electron chi connectivity index (χ3n) is 5.42. The number of hydrogen-bond donors (Lipinski definition) is 0. The van der Waals surface area contributed by atoms with Gasteiger partial charge in [0.25, 0.3) is 5.91 Å². The third-order valence-corrected chi connectivity index (χ3v) is 5.42. The van der Waals surface area contributed by atoms with Crippen LogP contribution in [0.1, 0.15) is 6.42 Å². The van der Waals surface area contributed by atoms with Crippen molar-refractivity contribution in [2.45, 2.75) is 6.42 Å². The molecule has 2 aliphatic heterocycles. The second-order valence-electron chi connectivity index (χ2n) is 7.24. The zero-order valence-electron chi connectivity index (χ0n) is 17.4. The Balaban J connectivity index is 1.47. The first-order chi connectivity index (χ1) is 13.9. The summed E-state index contributed by atoms with van der Waals surface area (Å²) in [5, 5.41) is 0. The molecule has 8 heteroatoms. The van der Waals surface area contributed by atoms with E-state index in [-0.39, 0.29) is 17.5 Å². The van der Waals surface area contributed by atoms with Gasteiger partial charge in [0.15, 0.2) is 0 Å². The lowest BCUT2D eigenvalue weighted by molar-refractivity contribution is -0.123. The fourth-order valence-electron chi connectivity index (χ4n) is 3.69. The van der Waals surface area contributed by atoms with Crippen molar-refractivity contribution in [1.29, 1.82) is 0 Å². The lowest BCUT2D eigenvalue weighted by Gasteiger charge is -2.36. The number of hydrogen-bond acceptors (Lipinski definition) is 6. The highest BCUT2D eigenvalue weighted by atomic mass is 16.5. The Morgan fingerprint density at radius 3 is 2.45 bits per heavy atom. The molecule has 0 aliphatic carbocycles. The molecule has 0 bridgehead atoms.